The summed E-state index contributed by atoms with van der Waals surface area (Å²) in [6.07, 6.45) is 0.596. The lowest BCUT2D eigenvalue weighted by molar-refractivity contribution is -0.0270. The number of rotatable bonds is 4. The van der Waals surface area contributed by atoms with Gasteiger partial charge in [0.25, 0.3) is 5.92 Å². The summed E-state index contributed by atoms with van der Waals surface area (Å²) < 4.78 is 60.1. The molecule has 2 fully saturated rings. The molecule has 11 heteroatoms. The maximum Gasteiger partial charge on any atom is 0.413 e. The number of amides is 1. The highest BCUT2D eigenvalue weighted by Crippen LogP contribution is 2.40. The Morgan fingerprint density at radius 3 is 2.75 bits per heavy atom. The predicted molar refractivity (Wildman–Crippen MR) is 92.7 cm³/mol. The van der Waals surface area contributed by atoms with Crippen molar-refractivity contribution in [1.29, 1.82) is 5.41 Å². The van der Waals surface area contributed by atoms with Gasteiger partial charge in [-0.1, -0.05) is 6.42 Å². The fourth-order valence-corrected chi connectivity index (χ4v) is 3.64. The predicted octanol–water partition coefficient (Wildman–Crippen LogP) is 2.52. The van der Waals surface area contributed by atoms with Crippen LogP contribution in [-0.2, 0) is 4.74 Å². The summed E-state index contributed by atoms with van der Waals surface area (Å²) in [7, 11) is 0. The molecule has 1 aromatic heterocycles. The van der Waals surface area contributed by atoms with Crippen LogP contribution < -0.4 is 16.0 Å². The molecule has 3 atom stereocenters. The molecule has 0 bridgehead atoms. The minimum Gasteiger partial charge on any atom is -0.449 e. The van der Waals surface area contributed by atoms with Crippen LogP contribution in [-0.4, -0.2) is 48.8 Å². The molecule has 4 N–H and O–H groups in total. The minimum atomic E-state index is -2.85. The van der Waals surface area contributed by atoms with Gasteiger partial charge < -0.3 is 15.4 Å². The fourth-order valence-electron chi connectivity index (χ4n) is 3.64. The van der Waals surface area contributed by atoms with Crippen molar-refractivity contribution in [2.75, 3.05) is 24.6 Å². The number of aromatic nitrogens is 1. The number of hydrogen-bond acceptors (Lipinski definition) is 5. The largest absolute Gasteiger partial charge is 0.449 e. The van der Waals surface area contributed by atoms with E-state index in [4.69, 9.17) is 15.9 Å². The fraction of sp³-hybridized carbons (Fsp3) is 0.588. The second-order valence-corrected chi connectivity index (χ2v) is 7.17. The molecule has 1 unspecified atom stereocenters. The second-order valence-electron chi connectivity index (χ2n) is 7.17. The van der Waals surface area contributed by atoms with E-state index < -0.39 is 54.9 Å². The molecule has 2 heterocycles. The van der Waals surface area contributed by atoms with Gasteiger partial charge in [0, 0.05) is 18.0 Å². The summed E-state index contributed by atoms with van der Waals surface area (Å²) in [5, 5.41) is 8.88. The Hall–Kier alpha value is -2.59. The first-order chi connectivity index (χ1) is 13.2. The number of alkyl carbamates (subject to hydrolysis) is 1. The maximum atomic E-state index is 14.9. The van der Waals surface area contributed by atoms with Crippen LogP contribution in [0.4, 0.5) is 28.2 Å². The van der Waals surface area contributed by atoms with E-state index in [0.717, 1.165) is 11.0 Å². The van der Waals surface area contributed by atoms with Crippen LogP contribution in [0.15, 0.2) is 12.3 Å². The van der Waals surface area contributed by atoms with Gasteiger partial charge in [-0.2, -0.15) is 0 Å². The standard InChI is InChI=1S/C17H21F4N5O2/c18-12-4-10(5-24-14(12)26-7-17(20,21)8-26)11-3-1-2-9(13(11)19)6-28-16(27)25-15(22)23/h4-5,9,11,13H,1-3,6-8H2,(H4,22,23,25,27)/t9-,11+,13?/m0/s1. The van der Waals surface area contributed by atoms with Crippen molar-refractivity contribution >= 4 is 17.9 Å². The van der Waals surface area contributed by atoms with Crippen LogP contribution >= 0.6 is 0 Å². The number of nitrogens with one attached hydrogen (secondary N) is 2. The van der Waals surface area contributed by atoms with Crippen molar-refractivity contribution in [3.8, 4) is 0 Å². The SMILES string of the molecule is N=C(N)NC(=O)OC[C@@H]1CCC[C@H](c2cnc(N3CC(F)(F)C3)c(F)c2)C1F. The molecule has 1 saturated carbocycles. The Morgan fingerprint density at radius 2 is 2.14 bits per heavy atom. The summed E-state index contributed by atoms with van der Waals surface area (Å²) in [4.78, 5) is 16.4. The molecule has 1 amide bonds. The average molecular weight is 403 g/mol. The Balaban J connectivity index is 1.63. The monoisotopic (exact) mass is 403 g/mol. The number of ether oxygens (including phenoxy) is 1. The Labute approximate surface area is 158 Å². The molecule has 154 valence electrons. The number of alkyl halides is 3. The molecule has 3 rings (SSSR count). The zero-order valence-corrected chi connectivity index (χ0v) is 14.9. The summed E-state index contributed by atoms with van der Waals surface area (Å²) in [5.74, 6) is -5.58. The first-order valence-corrected chi connectivity index (χ1v) is 8.86. The number of pyridine rings is 1. The van der Waals surface area contributed by atoms with Gasteiger partial charge >= 0.3 is 6.09 Å². The van der Waals surface area contributed by atoms with Crippen molar-refractivity contribution in [1.82, 2.24) is 10.3 Å². The van der Waals surface area contributed by atoms with Crippen molar-refractivity contribution in [3.63, 3.8) is 0 Å². The number of anilines is 1. The van der Waals surface area contributed by atoms with Crippen LogP contribution in [0, 0.1) is 17.1 Å². The Kier molecular flexibility index (Phi) is 5.61. The van der Waals surface area contributed by atoms with Gasteiger partial charge in [0.1, 0.15) is 6.17 Å². The third-order valence-corrected chi connectivity index (χ3v) is 5.00. The number of nitrogens with two attached hydrogens (primary N) is 1. The molecule has 0 spiro atoms. The molecule has 1 aliphatic carbocycles. The summed E-state index contributed by atoms with van der Waals surface area (Å²) >= 11 is 0. The Bertz CT molecular complexity index is 755. The molecule has 1 aromatic rings. The lowest BCUT2D eigenvalue weighted by Crippen LogP contribution is -2.57. The van der Waals surface area contributed by atoms with Gasteiger partial charge in [-0.25, -0.2) is 27.3 Å². The molecule has 2 aliphatic rings. The van der Waals surface area contributed by atoms with Gasteiger partial charge in [0.15, 0.2) is 17.6 Å². The van der Waals surface area contributed by atoms with E-state index in [1.807, 2.05) is 5.32 Å². The van der Waals surface area contributed by atoms with E-state index in [2.05, 4.69) is 4.98 Å². The summed E-state index contributed by atoms with van der Waals surface area (Å²) in [5.41, 5.74) is 5.36. The zero-order chi connectivity index (χ0) is 20.5. The highest BCUT2D eigenvalue weighted by Gasteiger charge is 2.45. The molecule has 1 saturated heterocycles. The zero-order valence-electron chi connectivity index (χ0n) is 14.9. The number of nitrogens with zero attached hydrogens (tertiary/aromatic N) is 2. The third-order valence-electron chi connectivity index (χ3n) is 5.00. The van der Waals surface area contributed by atoms with E-state index in [1.54, 1.807) is 0 Å². The van der Waals surface area contributed by atoms with Gasteiger partial charge in [-0.15, -0.1) is 0 Å². The van der Waals surface area contributed by atoms with Gasteiger partial charge in [-0.05, 0) is 24.5 Å². The van der Waals surface area contributed by atoms with E-state index in [1.165, 1.54) is 6.20 Å². The first-order valence-electron chi connectivity index (χ1n) is 8.86. The minimum absolute atomic E-state index is 0.165. The van der Waals surface area contributed by atoms with Crippen LogP contribution in [0.2, 0.25) is 0 Å². The third kappa shape index (κ3) is 4.45. The van der Waals surface area contributed by atoms with Crippen LogP contribution in [0.3, 0.4) is 0 Å². The lowest BCUT2D eigenvalue weighted by Gasteiger charge is -2.39. The number of guanidine groups is 1. The maximum absolute atomic E-state index is 14.9. The second kappa shape index (κ2) is 7.80. The number of hydrogen-bond donors (Lipinski definition) is 3. The molecule has 1 aliphatic heterocycles. The van der Waals surface area contributed by atoms with Crippen molar-refractivity contribution < 1.29 is 27.1 Å². The topological polar surface area (TPSA) is 104 Å². The van der Waals surface area contributed by atoms with Crippen molar-refractivity contribution in [2.24, 2.45) is 11.7 Å². The molecule has 0 aromatic carbocycles. The Morgan fingerprint density at radius 1 is 1.43 bits per heavy atom. The van der Waals surface area contributed by atoms with Gasteiger partial charge in [0.2, 0.25) is 0 Å². The number of halogens is 4. The molecular weight excluding hydrogens is 382 g/mol. The molecule has 28 heavy (non-hydrogen) atoms. The van der Waals surface area contributed by atoms with E-state index in [9.17, 15) is 22.4 Å². The summed E-state index contributed by atoms with van der Waals surface area (Å²) in [6, 6.07) is 1.14. The first kappa shape index (κ1) is 20.2. The smallest absolute Gasteiger partial charge is 0.413 e. The van der Waals surface area contributed by atoms with Gasteiger partial charge in [0.05, 0.1) is 19.7 Å². The molecular formula is C17H21F4N5O2. The van der Waals surface area contributed by atoms with Crippen LogP contribution in [0.25, 0.3) is 0 Å². The van der Waals surface area contributed by atoms with E-state index in [-0.39, 0.29) is 12.4 Å². The van der Waals surface area contributed by atoms with Gasteiger partial charge in [-0.3, -0.25) is 10.7 Å². The van der Waals surface area contributed by atoms with Crippen molar-refractivity contribution in [2.45, 2.75) is 37.3 Å². The number of carbonyl (C=O) groups excluding carboxylic acids is 1. The highest BCUT2D eigenvalue weighted by atomic mass is 19.3. The normalized spacial score (nSPS) is 26.3. The average Bonchev–Trinajstić information content (AvgIpc) is 2.58. The quantitative estimate of drug-likeness (QED) is 0.407. The number of carbonyl (C=O) groups is 1. The molecule has 7 nitrogen and oxygen atoms in total. The lowest BCUT2D eigenvalue weighted by atomic mass is 9.77. The summed E-state index contributed by atoms with van der Waals surface area (Å²) in [6.45, 7) is -1.38. The van der Waals surface area contributed by atoms with Crippen molar-refractivity contribution in [3.05, 3.63) is 23.6 Å². The molecule has 0 radical (unpaired) electrons. The van der Waals surface area contributed by atoms with E-state index >= 15 is 0 Å². The van der Waals surface area contributed by atoms with E-state index in [0.29, 0.717) is 24.8 Å². The van der Waals surface area contributed by atoms with Crippen LogP contribution in [0.5, 0.6) is 0 Å². The van der Waals surface area contributed by atoms with Crippen LogP contribution in [0.1, 0.15) is 30.7 Å². The highest BCUT2D eigenvalue weighted by molar-refractivity contribution is 5.90.